The molecule has 1 saturated heterocycles. The molecule has 1 aromatic heterocycles. The van der Waals surface area contributed by atoms with Crippen LogP contribution < -0.4 is 10.2 Å². The zero-order chi connectivity index (χ0) is 24.8. The zero-order valence-electron chi connectivity index (χ0n) is 21.0. The molecule has 2 atom stereocenters. The van der Waals surface area contributed by atoms with Crippen molar-refractivity contribution >= 4 is 11.9 Å². The van der Waals surface area contributed by atoms with Crippen molar-refractivity contribution in [3.05, 3.63) is 54.0 Å². The van der Waals surface area contributed by atoms with Crippen LogP contribution in [-0.4, -0.2) is 53.7 Å². The third kappa shape index (κ3) is 7.37. The van der Waals surface area contributed by atoms with Gasteiger partial charge in [-0.1, -0.05) is 12.1 Å². The fourth-order valence-corrected chi connectivity index (χ4v) is 5.10. The van der Waals surface area contributed by atoms with Gasteiger partial charge >= 0.3 is 6.09 Å². The number of halogens is 1. The second-order valence-electron chi connectivity index (χ2n) is 10.7. The van der Waals surface area contributed by atoms with Crippen LogP contribution in [0.25, 0.3) is 0 Å². The monoisotopic (exact) mass is 484 g/mol. The van der Waals surface area contributed by atoms with E-state index in [1.165, 1.54) is 6.07 Å². The predicted octanol–water partition coefficient (Wildman–Crippen LogP) is 5.08. The van der Waals surface area contributed by atoms with Crippen molar-refractivity contribution < 1.29 is 18.7 Å². The molecule has 1 aromatic carbocycles. The van der Waals surface area contributed by atoms with E-state index in [9.17, 15) is 9.18 Å². The largest absolute Gasteiger partial charge is 0.444 e. The van der Waals surface area contributed by atoms with Crippen molar-refractivity contribution in [1.29, 1.82) is 0 Å². The summed E-state index contributed by atoms with van der Waals surface area (Å²) in [5.74, 6) is 1.14. The summed E-state index contributed by atoms with van der Waals surface area (Å²) in [6, 6.07) is 10.8. The Kier molecular flexibility index (Phi) is 8.21. The Hall–Kier alpha value is -2.74. The molecule has 1 saturated carbocycles. The number of amides is 1. The van der Waals surface area contributed by atoms with E-state index in [1.54, 1.807) is 18.3 Å². The first kappa shape index (κ1) is 25.4. The average molecular weight is 485 g/mol. The van der Waals surface area contributed by atoms with Gasteiger partial charge in [-0.05, 0) is 88.6 Å². The Morgan fingerprint density at radius 2 is 1.94 bits per heavy atom. The van der Waals surface area contributed by atoms with Crippen molar-refractivity contribution in [3.63, 3.8) is 0 Å². The first-order chi connectivity index (χ1) is 16.8. The van der Waals surface area contributed by atoms with Crippen molar-refractivity contribution in [2.45, 2.75) is 76.5 Å². The highest BCUT2D eigenvalue weighted by Crippen LogP contribution is 2.35. The van der Waals surface area contributed by atoms with Crippen molar-refractivity contribution in [1.82, 2.24) is 15.5 Å². The summed E-state index contributed by atoms with van der Waals surface area (Å²) in [6.45, 7) is 7.64. The molecule has 1 unspecified atom stereocenters. The molecule has 2 fully saturated rings. The molecule has 35 heavy (non-hydrogen) atoms. The van der Waals surface area contributed by atoms with Gasteiger partial charge in [0.05, 0.1) is 12.7 Å². The number of alkyl carbamates (subject to hydrolysis) is 1. The number of piperidine rings is 1. The number of benzene rings is 1. The van der Waals surface area contributed by atoms with E-state index in [4.69, 9.17) is 9.47 Å². The number of aromatic nitrogens is 2. The number of carbonyl (C=O) groups excluding carboxylic acids is 1. The molecule has 190 valence electrons. The first-order valence-electron chi connectivity index (χ1n) is 12.7. The van der Waals surface area contributed by atoms with Gasteiger partial charge in [-0.25, -0.2) is 9.18 Å². The quantitative estimate of drug-likeness (QED) is 0.616. The van der Waals surface area contributed by atoms with Gasteiger partial charge in [-0.15, -0.1) is 5.10 Å². The standard InChI is InChI=1S/C27H37FN4O3/c1-27(2,3)35-26(33)30-24-13-15-32(25-8-5-14-29-31-25)17-21(24)18-34-23-11-9-19(10-12-23)20-6-4-7-22(28)16-20/h4-8,14,16,19,21,23-24H,9-13,15,17-18H2,1-3H3,(H,30,33)/t19?,21?,23?,24-/m0/s1. The molecule has 1 aliphatic heterocycles. The Bertz CT molecular complexity index is 960. The number of rotatable bonds is 6. The summed E-state index contributed by atoms with van der Waals surface area (Å²) in [5.41, 5.74) is 0.536. The van der Waals surface area contributed by atoms with E-state index in [-0.39, 0.29) is 23.9 Å². The van der Waals surface area contributed by atoms with Gasteiger partial charge in [0.2, 0.25) is 0 Å². The summed E-state index contributed by atoms with van der Waals surface area (Å²) in [5, 5.41) is 11.4. The highest BCUT2D eigenvalue weighted by molar-refractivity contribution is 5.68. The number of nitrogens with zero attached hydrogens (tertiary/aromatic N) is 3. The van der Waals surface area contributed by atoms with Gasteiger partial charge in [-0.2, -0.15) is 5.10 Å². The SMILES string of the molecule is CC(C)(C)OC(=O)N[C@H]1CCN(c2cccnn2)CC1COC1CCC(c2cccc(F)c2)CC1. The molecular weight excluding hydrogens is 447 g/mol. The minimum Gasteiger partial charge on any atom is -0.444 e. The van der Waals surface area contributed by atoms with E-state index in [1.807, 2.05) is 39.0 Å². The summed E-state index contributed by atoms with van der Waals surface area (Å²) in [4.78, 5) is 14.7. The third-order valence-electron chi connectivity index (χ3n) is 6.86. The fraction of sp³-hybridized carbons (Fsp3) is 0.593. The van der Waals surface area contributed by atoms with Gasteiger partial charge in [0.25, 0.3) is 0 Å². The highest BCUT2D eigenvalue weighted by Gasteiger charge is 2.33. The number of ether oxygens (including phenoxy) is 2. The van der Waals surface area contributed by atoms with Crippen LogP contribution in [0.15, 0.2) is 42.6 Å². The molecule has 7 nitrogen and oxygen atoms in total. The molecule has 2 aliphatic rings. The molecule has 0 spiro atoms. The number of nitrogens with one attached hydrogen (secondary N) is 1. The van der Waals surface area contributed by atoms with Crippen LogP contribution in [-0.2, 0) is 9.47 Å². The Balaban J connectivity index is 1.34. The van der Waals surface area contributed by atoms with Gasteiger partial charge < -0.3 is 19.7 Å². The lowest BCUT2D eigenvalue weighted by Crippen LogP contribution is -2.53. The molecule has 0 radical (unpaired) electrons. The fourth-order valence-electron chi connectivity index (χ4n) is 5.10. The highest BCUT2D eigenvalue weighted by atomic mass is 19.1. The maximum Gasteiger partial charge on any atom is 0.407 e. The van der Waals surface area contributed by atoms with Crippen LogP contribution in [0.4, 0.5) is 15.0 Å². The maximum atomic E-state index is 13.6. The zero-order valence-corrected chi connectivity index (χ0v) is 21.0. The molecule has 4 rings (SSSR count). The first-order valence-corrected chi connectivity index (χ1v) is 12.7. The van der Waals surface area contributed by atoms with Gasteiger partial charge in [-0.3, -0.25) is 0 Å². The normalized spacial score (nSPS) is 25.2. The maximum absolute atomic E-state index is 13.6. The Labute approximate surface area is 207 Å². The summed E-state index contributed by atoms with van der Waals surface area (Å²) >= 11 is 0. The van der Waals surface area contributed by atoms with Gasteiger partial charge in [0.15, 0.2) is 5.82 Å². The molecule has 0 bridgehead atoms. The van der Waals surface area contributed by atoms with Crippen molar-refractivity contribution in [2.75, 3.05) is 24.6 Å². The van der Waals surface area contributed by atoms with Crippen LogP contribution >= 0.6 is 0 Å². The predicted molar refractivity (Wildman–Crippen MR) is 133 cm³/mol. The Morgan fingerprint density at radius 1 is 1.14 bits per heavy atom. The topological polar surface area (TPSA) is 76.6 Å². The van der Waals surface area contributed by atoms with Crippen molar-refractivity contribution in [2.24, 2.45) is 5.92 Å². The summed E-state index contributed by atoms with van der Waals surface area (Å²) < 4.78 is 25.5. The lowest BCUT2D eigenvalue weighted by molar-refractivity contribution is -0.00575. The van der Waals surface area contributed by atoms with E-state index < -0.39 is 11.7 Å². The van der Waals surface area contributed by atoms with E-state index in [0.717, 1.165) is 56.6 Å². The minimum absolute atomic E-state index is 0.0404. The lowest BCUT2D eigenvalue weighted by atomic mass is 9.82. The van der Waals surface area contributed by atoms with Crippen LogP contribution in [0.5, 0.6) is 0 Å². The van der Waals surface area contributed by atoms with Crippen molar-refractivity contribution in [3.8, 4) is 0 Å². The molecule has 1 amide bonds. The molecule has 2 heterocycles. The lowest BCUT2D eigenvalue weighted by Gasteiger charge is -2.40. The van der Waals surface area contributed by atoms with Crippen LogP contribution in [0.1, 0.15) is 64.4 Å². The summed E-state index contributed by atoms with van der Waals surface area (Å²) in [6.07, 6.45) is 6.11. The van der Waals surface area contributed by atoms with Gasteiger partial charge in [0, 0.05) is 31.2 Å². The number of anilines is 1. The number of hydrogen-bond donors (Lipinski definition) is 1. The molecule has 2 aromatic rings. The summed E-state index contributed by atoms with van der Waals surface area (Å²) in [7, 11) is 0. The van der Waals surface area contributed by atoms with E-state index >= 15 is 0 Å². The average Bonchev–Trinajstić information content (AvgIpc) is 2.83. The van der Waals surface area contributed by atoms with Crippen LogP contribution in [0.3, 0.4) is 0 Å². The van der Waals surface area contributed by atoms with E-state index in [2.05, 4.69) is 20.4 Å². The second kappa shape index (κ2) is 11.3. The minimum atomic E-state index is -0.545. The Morgan fingerprint density at radius 3 is 2.63 bits per heavy atom. The van der Waals surface area contributed by atoms with Gasteiger partial charge in [0.1, 0.15) is 11.4 Å². The molecule has 1 aliphatic carbocycles. The number of hydrogen-bond acceptors (Lipinski definition) is 6. The van der Waals surface area contributed by atoms with Crippen LogP contribution in [0, 0.1) is 11.7 Å². The smallest absolute Gasteiger partial charge is 0.407 e. The molecule has 8 heteroatoms. The van der Waals surface area contributed by atoms with E-state index in [0.29, 0.717) is 12.5 Å². The second-order valence-corrected chi connectivity index (χ2v) is 10.7. The number of carbonyl (C=O) groups is 1. The molecular formula is C27H37FN4O3. The third-order valence-corrected chi connectivity index (χ3v) is 6.86. The van der Waals surface area contributed by atoms with Crippen LogP contribution in [0.2, 0.25) is 0 Å². The molecule has 1 N–H and O–H groups in total.